The highest BCUT2D eigenvalue weighted by Crippen LogP contribution is 2.27. The zero-order chi connectivity index (χ0) is 17.3. The summed E-state index contributed by atoms with van der Waals surface area (Å²) in [5.41, 5.74) is 0.0856. The molecule has 2 rings (SSSR count). The number of hydrogen-bond donors (Lipinski definition) is 1. The van der Waals surface area contributed by atoms with Crippen molar-refractivity contribution in [1.29, 1.82) is 0 Å². The van der Waals surface area contributed by atoms with Gasteiger partial charge in [0.25, 0.3) is 0 Å². The number of benzene rings is 1. The van der Waals surface area contributed by atoms with Crippen molar-refractivity contribution in [2.24, 2.45) is 0 Å². The van der Waals surface area contributed by atoms with Gasteiger partial charge in [0.15, 0.2) is 9.84 Å². The quantitative estimate of drug-likeness (QED) is 0.911. The molecule has 0 atom stereocenters. The SMILES string of the molecule is CC(C)(C)OC(=O)Nc1csc(-c2cccc(S(C)(=O)=O)c2)n1. The summed E-state index contributed by atoms with van der Waals surface area (Å²) in [6, 6.07) is 6.52. The zero-order valence-corrected chi connectivity index (χ0v) is 14.9. The molecule has 0 saturated heterocycles. The highest BCUT2D eigenvalue weighted by atomic mass is 32.2. The smallest absolute Gasteiger partial charge is 0.413 e. The number of ether oxygens (including phenoxy) is 1. The van der Waals surface area contributed by atoms with Crippen LogP contribution in [-0.4, -0.2) is 31.4 Å². The molecule has 8 heteroatoms. The van der Waals surface area contributed by atoms with E-state index in [9.17, 15) is 13.2 Å². The third kappa shape index (κ3) is 5.04. The van der Waals surface area contributed by atoms with Crippen molar-refractivity contribution in [1.82, 2.24) is 4.98 Å². The molecular formula is C15H18N2O4S2. The molecule has 0 spiro atoms. The van der Waals surface area contributed by atoms with Crippen molar-refractivity contribution >= 4 is 33.1 Å². The molecule has 124 valence electrons. The lowest BCUT2D eigenvalue weighted by atomic mass is 10.2. The average Bonchev–Trinajstić information content (AvgIpc) is 2.84. The van der Waals surface area contributed by atoms with Gasteiger partial charge in [-0.1, -0.05) is 12.1 Å². The van der Waals surface area contributed by atoms with Crippen molar-refractivity contribution < 1.29 is 17.9 Å². The topological polar surface area (TPSA) is 85.4 Å². The van der Waals surface area contributed by atoms with Crippen LogP contribution in [0.25, 0.3) is 10.6 Å². The molecule has 0 bridgehead atoms. The van der Waals surface area contributed by atoms with E-state index >= 15 is 0 Å². The number of thiazole rings is 1. The Hall–Kier alpha value is -1.93. The molecule has 1 amide bonds. The van der Waals surface area contributed by atoms with Gasteiger partial charge in [0.1, 0.15) is 16.4 Å². The number of sulfone groups is 1. The first-order chi connectivity index (χ1) is 10.5. The van der Waals surface area contributed by atoms with Crippen LogP contribution < -0.4 is 5.32 Å². The molecule has 0 aliphatic carbocycles. The molecule has 2 aromatic rings. The summed E-state index contributed by atoms with van der Waals surface area (Å²) < 4.78 is 28.4. The molecule has 0 unspecified atom stereocenters. The fraction of sp³-hybridized carbons (Fsp3) is 0.333. The normalized spacial score (nSPS) is 12.0. The monoisotopic (exact) mass is 354 g/mol. The van der Waals surface area contributed by atoms with Crippen LogP contribution in [0.4, 0.5) is 10.6 Å². The molecular weight excluding hydrogens is 336 g/mol. The minimum atomic E-state index is -3.28. The lowest BCUT2D eigenvalue weighted by molar-refractivity contribution is 0.0635. The van der Waals surface area contributed by atoms with E-state index in [1.54, 1.807) is 44.4 Å². The molecule has 0 fully saturated rings. The minimum absolute atomic E-state index is 0.229. The number of carbonyl (C=O) groups is 1. The van der Waals surface area contributed by atoms with Crippen LogP contribution in [0.5, 0.6) is 0 Å². The number of nitrogens with zero attached hydrogens (tertiary/aromatic N) is 1. The lowest BCUT2D eigenvalue weighted by Crippen LogP contribution is -2.27. The zero-order valence-electron chi connectivity index (χ0n) is 13.3. The Kier molecular flexibility index (Phi) is 4.76. The number of carbonyl (C=O) groups excluding carboxylic acids is 1. The predicted octanol–water partition coefficient (Wildman–Crippen LogP) is 3.56. The minimum Gasteiger partial charge on any atom is -0.444 e. The number of nitrogens with one attached hydrogen (secondary N) is 1. The summed E-state index contributed by atoms with van der Waals surface area (Å²) in [6.07, 6.45) is 0.572. The first-order valence-electron chi connectivity index (χ1n) is 6.81. The predicted molar refractivity (Wildman–Crippen MR) is 90.5 cm³/mol. The molecule has 0 saturated carbocycles. The third-order valence-electron chi connectivity index (χ3n) is 2.64. The second-order valence-corrected chi connectivity index (χ2v) is 8.84. The van der Waals surface area contributed by atoms with E-state index in [0.29, 0.717) is 16.4 Å². The second-order valence-electron chi connectivity index (χ2n) is 5.96. The van der Waals surface area contributed by atoms with Gasteiger partial charge in [0.05, 0.1) is 4.90 Å². The summed E-state index contributed by atoms with van der Waals surface area (Å²) >= 11 is 1.31. The van der Waals surface area contributed by atoms with E-state index < -0.39 is 21.5 Å². The van der Waals surface area contributed by atoms with Crippen LogP contribution in [0.1, 0.15) is 20.8 Å². The van der Waals surface area contributed by atoms with Crippen molar-refractivity contribution in [3.8, 4) is 10.6 Å². The summed E-state index contributed by atoms with van der Waals surface area (Å²) in [4.78, 5) is 16.2. The highest BCUT2D eigenvalue weighted by Gasteiger charge is 2.17. The standard InChI is InChI=1S/C15H18N2O4S2/c1-15(2,3)21-14(18)17-12-9-22-13(16-12)10-6-5-7-11(8-10)23(4,19)20/h5-9H,1-4H3,(H,17,18). The van der Waals surface area contributed by atoms with E-state index in [2.05, 4.69) is 10.3 Å². The maximum Gasteiger partial charge on any atom is 0.413 e. The summed E-state index contributed by atoms with van der Waals surface area (Å²) in [5.74, 6) is 0.365. The molecule has 1 aromatic carbocycles. The molecule has 1 heterocycles. The van der Waals surface area contributed by atoms with E-state index in [1.807, 2.05) is 0 Å². The van der Waals surface area contributed by atoms with Crippen LogP contribution in [0.2, 0.25) is 0 Å². The highest BCUT2D eigenvalue weighted by molar-refractivity contribution is 7.90. The fourth-order valence-electron chi connectivity index (χ4n) is 1.73. The maximum atomic E-state index is 11.7. The molecule has 6 nitrogen and oxygen atoms in total. The molecule has 0 radical (unpaired) electrons. The van der Waals surface area contributed by atoms with Crippen LogP contribution in [0.3, 0.4) is 0 Å². The number of aromatic nitrogens is 1. The van der Waals surface area contributed by atoms with Crippen molar-refractivity contribution in [3.63, 3.8) is 0 Å². The van der Waals surface area contributed by atoms with Gasteiger partial charge < -0.3 is 4.74 Å². The Morgan fingerprint density at radius 1 is 1.30 bits per heavy atom. The second kappa shape index (κ2) is 6.29. The van der Waals surface area contributed by atoms with Crippen LogP contribution in [0.15, 0.2) is 34.5 Å². The Bertz CT molecular complexity index is 820. The Labute approximate surface area is 139 Å². The van der Waals surface area contributed by atoms with Gasteiger partial charge in [0.2, 0.25) is 0 Å². The summed E-state index contributed by atoms with van der Waals surface area (Å²) in [5, 5.41) is 4.84. The van der Waals surface area contributed by atoms with Gasteiger partial charge in [0, 0.05) is 17.2 Å². The molecule has 1 aromatic heterocycles. The number of amides is 1. The maximum absolute atomic E-state index is 11.7. The van der Waals surface area contributed by atoms with Gasteiger partial charge in [-0.05, 0) is 32.9 Å². The van der Waals surface area contributed by atoms with Gasteiger partial charge in [-0.3, -0.25) is 5.32 Å². The Balaban J connectivity index is 2.18. The van der Waals surface area contributed by atoms with Crippen LogP contribution >= 0.6 is 11.3 Å². The van der Waals surface area contributed by atoms with E-state index in [-0.39, 0.29) is 4.90 Å². The van der Waals surface area contributed by atoms with Crippen LogP contribution in [0, 0.1) is 0 Å². The van der Waals surface area contributed by atoms with Gasteiger partial charge in [-0.2, -0.15) is 0 Å². The van der Waals surface area contributed by atoms with Gasteiger partial charge in [-0.25, -0.2) is 18.2 Å². The van der Waals surface area contributed by atoms with Crippen LogP contribution in [-0.2, 0) is 14.6 Å². The third-order valence-corrected chi connectivity index (χ3v) is 4.64. The number of rotatable bonds is 3. The Morgan fingerprint density at radius 3 is 2.61 bits per heavy atom. The number of hydrogen-bond acceptors (Lipinski definition) is 6. The number of anilines is 1. The van der Waals surface area contributed by atoms with E-state index in [1.165, 1.54) is 17.4 Å². The van der Waals surface area contributed by atoms with Gasteiger partial charge in [-0.15, -0.1) is 11.3 Å². The molecule has 0 aliphatic heterocycles. The largest absolute Gasteiger partial charge is 0.444 e. The molecule has 1 N–H and O–H groups in total. The Morgan fingerprint density at radius 2 is 2.00 bits per heavy atom. The average molecular weight is 354 g/mol. The van der Waals surface area contributed by atoms with Crippen molar-refractivity contribution in [2.75, 3.05) is 11.6 Å². The van der Waals surface area contributed by atoms with E-state index in [4.69, 9.17) is 4.74 Å². The van der Waals surface area contributed by atoms with Crippen molar-refractivity contribution in [3.05, 3.63) is 29.6 Å². The summed E-state index contributed by atoms with van der Waals surface area (Å²) in [7, 11) is -3.28. The first-order valence-corrected chi connectivity index (χ1v) is 9.58. The fourth-order valence-corrected chi connectivity index (χ4v) is 3.15. The first kappa shape index (κ1) is 17.4. The van der Waals surface area contributed by atoms with Gasteiger partial charge >= 0.3 is 6.09 Å². The lowest BCUT2D eigenvalue weighted by Gasteiger charge is -2.19. The molecule has 0 aliphatic rings. The van der Waals surface area contributed by atoms with Crippen molar-refractivity contribution in [2.45, 2.75) is 31.3 Å². The summed E-state index contributed by atoms with van der Waals surface area (Å²) in [6.45, 7) is 5.32. The van der Waals surface area contributed by atoms with E-state index in [0.717, 1.165) is 6.26 Å². The molecule has 23 heavy (non-hydrogen) atoms.